The van der Waals surface area contributed by atoms with E-state index in [9.17, 15) is 14.9 Å². The van der Waals surface area contributed by atoms with Crippen molar-refractivity contribution in [3.05, 3.63) is 74.3 Å². The molecule has 1 heterocycles. The lowest BCUT2D eigenvalue weighted by atomic mass is 10.2. The van der Waals surface area contributed by atoms with Crippen LogP contribution in [0, 0.1) is 10.1 Å². The average molecular weight is 302 g/mol. The van der Waals surface area contributed by atoms with Gasteiger partial charge in [0.25, 0.3) is 11.2 Å². The van der Waals surface area contributed by atoms with Crippen molar-refractivity contribution < 1.29 is 4.92 Å². The molecule has 0 saturated heterocycles. The van der Waals surface area contributed by atoms with Crippen molar-refractivity contribution in [3.63, 3.8) is 0 Å². The predicted molar refractivity (Wildman–Crippen MR) is 79.0 cm³/mol. The molecule has 7 heteroatoms. The Morgan fingerprint density at radius 2 is 1.95 bits per heavy atom. The SMILES string of the molecule is O=c1c2cc(Cl)ccc2ncn1-c1ccccc1[N+](=O)[O-]. The molecule has 0 aliphatic heterocycles. The highest BCUT2D eigenvalue weighted by Gasteiger charge is 2.16. The van der Waals surface area contributed by atoms with Gasteiger partial charge in [0.15, 0.2) is 0 Å². The topological polar surface area (TPSA) is 78.0 Å². The summed E-state index contributed by atoms with van der Waals surface area (Å²) in [5.41, 5.74) is 0.0840. The number of rotatable bonds is 2. The Balaban J connectivity index is 2.34. The molecule has 1 aromatic heterocycles. The number of nitro benzene ring substituents is 1. The van der Waals surface area contributed by atoms with Gasteiger partial charge in [0.05, 0.1) is 15.8 Å². The second-order valence-electron chi connectivity index (χ2n) is 4.33. The van der Waals surface area contributed by atoms with Crippen LogP contribution < -0.4 is 5.56 Å². The quantitative estimate of drug-likeness (QED) is 0.538. The summed E-state index contributed by atoms with van der Waals surface area (Å²) in [7, 11) is 0. The fourth-order valence-electron chi connectivity index (χ4n) is 2.09. The van der Waals surface area contributed by atoms with E-state index in [1.807, 2.05) is 0 Å². The number of halogens is 1. The van der Waals surface area contributed by atoms with Crippen molar-refractivity contribution in [2.75, 3.05) is 0 Å². The highest BCUT2D eigenvalue weighted by Crippen LogP contribution is 2.21. The molecule has 6 nitrogen and oxygen atoms in total. The number of nitrogens with zero attached hydrogens (tertiary/aromatic N) is 3. The monoisotopic (exact) mass is 301 g/mol. The highest BCUT2D eigenvalue weighted by molar-refractivity contribution is 6.31. The van der Waals surface area contributed by atoms with Crippen LogP contribution in [0.2, 0.25) is 5.02 Å². The summed E-state index contributed by atoms with van der Waals surface area (Å²) in [6, 6.07) is 10.8. The Kier molecular flexibility index (Phi) is 3.15. The molecular formula is C14H8ClN3O3. The van der Waals surface area contributed by atoms with E-state index in [4.69, 9.17) is 11.6 Å². The van der Waals surface area contributed by atoms with Crippen LogP contribution in [0.4, 0.5) is 5.69 Å². The van der Waals surface area contributed by atoms with Crippen LogP contribution in [0.15, 0.2) is 53.6 Å². The van der Waals surface area contributed by atoms with E-state index in [1.165, 1.54) is 30.6 Å². The Morgan fingerprint density at radius 3 is 2.71 bits per heavy atom. The number of fused-ring (bicyclic) bond motifs is 1. The van der Waals surface area contributed by atoms with Crippen molar-refractivity contribution in [3.8, 4) is 5.69 Å². The summed E-state index contributed by atoms with van der Waals surface area (Å²) in [4.78, 5) is 27.2. The fourth-order valence-corrected chi connectivity index (χ4v) is 2.26. The van der Waals surface area contributed by atoms with E-state index >= 15 is 0 Å². The minimum absolute atomic E-state index is 0.164. The van der Waals surface area contributed by atoms with Crippen LogP contribution in [0.25, 0.3) is 16.6 Å². The van der Waals surface area contributed by atoms with E-state index in [0.717, 1.165) is 4.57 Å². The first-order valence-electron chi connectivity index (χ1n) is 5.98. The molecule has 21 heavy (non-hydrogen) atoms. The molecule has 0 atom stereocenters. The molecule has 0 N–H and O–H groups in total. The van der Waals surface area contributed by atoms with E-state index in [2.05, 4.69) is 4.98 Å². The molecule has 0 spiro atoms. The summed E-state index contributed by atoms with van der Waals surface area (Å²) >= 11 is 5.89. The zero-order chi connectivity index (χ0) is 15.0. The van der Waals surface area contributed by atoms with Gasteiger partial charge in [-0.2, -0.15) is 0 Å². The molecule has 0 aliphatic rings. The summed E-state index contributed by atoms with van der Waals surface area (Å²) in [6.45, 7) is 0. The molecule has 2 aromatic carbocycles. The largest absolute Gasteiger partial charge is 0.293 e. The summed E-state index contributed by atoms with van der Waals surface area (Å²) in [5, 5.41) is 11.8. The third-order valence-corrected chi connectivity index (χ3v) is 3.29. The lowest BCUT2D eigenvalue weighted by molar-refractivity contribution is -0.384. The van der Waals surface area contributed by atoms with Gasteiger partial charge in [0.2, 0.25) is 0 Å². The van der Waals surface area contributed by atoms with Crippen molar-refractivity contribution in [2.24, 2.45) is 0 Å². The zero-order valence-electron chi connectivity index (χ0n) is 10.6. The molecule has 104 valence electrons. The fraction of sp³-hybridized carbons (Fsp3) is 0. The maximum Gasteiger partial charge on any atom is 0.293 e. The smallest absolute Gasteiger partial charge is 0.268 e. The van der Waals surface area contributed by atoms with Gasteiger partial charge in [-0.25, -0.2) is 4.98 Å². The molecule has 0 aliphatic carbocycles. The number of para-hydroxylation sites is 2. The van der Waals surface area contributed by atoms with E-state index < -0.39 is 10.5 Å². The molecule has 0 fully saturated rings. The standard InChI is InChI=1S/C14H8ClN3O3/c15-9-5-6-11-10(7-9)14(19)17(8-16-11)12-3-1-2-4-13(12)18(20)21/h1-8H. The lowest BCUT2D eigenvalue weighted by Crippen LogP contribution is -2.19. The van der Waals surface area contributed by atoms with Crippen LogP contribution in [0.5, 0.6) is 0 Å². The van der Waals surface area contributed by atoms with E-state index in [0.29, 0.717) is 15.9 Å². The van der Waals surface area contributed by atoms with Gasteiger partial charge in [0, 0.05) is 11.1 Å². The molecular weight excluding hydrogens is 294 g/mol. The number of hydrogen-bond donors (Lipinski definition) is 0. The van der Waals surface area contributed by atoms with Crippen molar-refractivity contribution in [1.82, 2.24) is 9.55 Å². The lowest BCUT2D eigenvalue weighted by Gasteiger charge is -2.07. The molecule has 3 rings (SSSR count). The van der Waals surface area contributed by atoms with Crippen LogP contribution in [0.3, 0.4) is 0 Å². The minimum atomic E-state index is -0.538. The van der Waals surface area contributed by atoms with E-state index in [-0.39, 0.29) is 11.4 Å². The van der Waals surface area contributed by atoms with Gasteiger partial charge in [-0.05, 0) is 24.3 Å². The molecule has 0 bridgehead atoms. The summed E-state index contributed by atoms with van der Waals surface area (Å²) < 4.78 is 1.15. The van der Waals surface area contributed by atoms with E-state index in [1.54, 1.807) is 18.2 Å². The maximum atomic E-state index is 12.5. The average Bonchev–Trinajstić information content (AvgIpc) is 2.48. The van der Waals surface area contributed by atoms with Crippen LogP contribution >= 0.6 is 11.6 Å². The molecule has 0 unspecified atom stereocenters. The third kappa shape index (κ3) is 2.25. The first-order chi connectivity index (χ1) is 10.1. The molecule has 0 radical (unpaired) electrons. The highest BCUT2D eigenvalue weighted by atomic mass is 35.5. The van der Waals surface area contributed by atoms with Gasteiger partial charge >= 0.3 is 0 Å². The normalized spacial score (nSPS) is 10.7. The number of hydrogen-bond acceptors (Lipinski definition) is 4. The summed E-state index contributed by atoms with van der Waals surface area (Å²) in [6.07, 6.45) is 1.28. The Hall–Kier alpha value is -2.73. The van der Waals surface area contributed by atoms with Crippen molar-refractivity contribution >= 4 is 28.2 Å². The first-order valence-corrected chi connectivity index (χ1v) is 6.36. The molecule has 0 amide bonds. The van der Waals surface area contributed by atoms with Crippen LogP contribution in [0.1, 0.15) is 0 Å². The zero-order valence-corrected chi connectivity index (χ0v) is 11.3. The van der Waals surface area contributed by atoms with Gasteiger partial charge < -0.3 is 0 Å². The van der Waals surface area contributed by atoms with Crippen molar-refractivity contribution in [2.45, 2.75) is 0 Å². The third-order valence-electron chi connectivity index (χ3n) is 3.06. The van der Waals surface area contributed by atoms with Crippen LogP contribution in [-0.4, -0.2) is 14.5 Å². The Morgan fingerprint density at radius 1 is 1.19 bits per heavy atom. The second-order valence-corrected chi connectivity index (χ2v) is 4.76. The minimum Gasteiger partial charge on any atom is -0.268 e. The number of aromatic nitrogens is 2. The van der Waals surface area contributed by atoms with Gasteiger partial charge in [0.1, 0.15) is 12.0 Å². The number of nitro groups is 1. The molecule has 0 saturated carbocycles. The van der Waals surface area contributed by atoms with Gasteiger partial charge in [-0.15, -0.1) is 0 Å². The van der Waals surface area contributed by atoms with Gasteiger partial charge in [-0.1, -0.05) is 23.7 Å². The number of benzene rings is 2. The van der Waals surface area contributed by atoms with Crippen LogP contribution in [-0.2, 0) is 0 Å². The Bertz CT molecular complexity index is 921. The maximum absolute atomic E-state index is 12.5. The van der Waals surface area contributed by atoms with Crippen molar-refractivity contribution in [1.29, 1.82) is 0 Å². The van der Waals surface area contributed by atoms with Gasteiger partial charge in [-0.3, -0.25) is 19.5 Å². The summed E-state index contributed by atoms with van der Waals surface area (Å²) in [5.74, 6) is 0. The predicted octanol–water partition coefficient (Wildman–Crippen LogP) is 2.95. The molecule has 3 aromatic rings. The second kappa shape index (κ2) is 4.99. The Labute approximate surface area is 123 Å². The first kappa shape index (κ1) is 13.3.